The van der Waals surface area contributed by atoms with E-state index >= 15 is 0 Å². The van der Waals surface area contributed by atoms with Gasteiger partial charge in [0.25, 0.3) is 10.1 Å². The molecule has 36 heavy (non-hydrogen) atoms. The number of rotatable bonds is 8. The van der Waals surface area contributed by atoms with Crippen molar-refractivity contribution in [1.82, 2.24) is 0 Å². The number of carbonyl (C=O) groups is 2. The molecule has 4 rings (SSSR count). The zero-order valence-electron chi connectivity index (χ0n) is 19.2. The topological polar surface area (TPSA) is 125 Å². The highest BCUT2D eigenvalue weighted by atomic mass is 32.2. The number of ether oxygens (including phenoxy) is 3. The van der Waals surface area contributed by atoms with Crippen molar-refractivity contribution in [3.8, 4) is 0 Å². The zero-order valence-corrected chi connectivity index (χ0v) is 20.0. The summed E-state index contributed by atoms with van der Waals surface area (Å²) in [7, 11) is -4.36. The second-order valence-corrected chi connectivity index (χ2v) is 9.67. The molecule has 9 nitrogen and oxygen atoms in total. The third-order valence-electron chi connectivity index (χ3n) is 5.47. The van der Waals surface area contributed by atoms with Gasteiger partial charge >= 0.3 is 11.9 Å². The number of esters is 2. The van der Waals surface area contributed by atoms with Crippen LogP contribution in [0.1, 0.15) is 26.3 Å². The molecule has 3 aromatic carbocycles. The second-order valence-electron chi connectivity index (χ2n) is 8.09. The fraction of sp³-hybridized carbons (Fsp3) is 0.231. The summed E-state index contributed by atoms with van der Waals surface area (Å²) in [5.74, 6) is -1.46. The van der Waals surface area contributed by atoms with Gasteiger partial charge in [-0.1, -0.05) is 54.1 Å². The summed E-state index contributed by atoms with van der Waals surface area (Å²) < 4.78 is 47.3. The van der Waals surface area contributed by atoms with Crippen molar-refractivity contribution in [2.45, 2.75) is 36.4 Å². The first-order valence-electron chi connectivity index (χ1n) is 11.1. The van der Waals surface area contributed by atoms with Crippen molar-refractivity contribution in [1.29, 1.82) is 0 Å². The molecule has 0 aliphatic carbocycles. The smallest absolute Gasteiger partial charge is 0.338 e. The van der Waals surface area contributed by atoms with E-state index < -0.39 is 53.3 Å². The molecule has 1 saturated heterocycles. The Morgan fingerprint density at radius 1 is 0.833 bits per heavy atom. The fourth-order valence-electron chi connectivity index (χ4n) is 3.58. The molecular formula is C26H24O9S. The lowest BCUT2D eigenvalue weighted by Gasteiger charge is -2.23. The van der Waals surface area contributed by atoms with Gasteiger partial charge in [0.1, 0.15) is 12.7 Å². The molecule has 0 spiro atoms. The largest absolute Gasteiger partial charge is 0.459 e. The van der Waals surface area contributed by atoms with Gasteiger partial charge < -0.3 is 19.3 Å². The maximum Gasteiger partial charge on any atom is 0.338 e. The van der Waals surface area contributed by atoms with Crippen LogP contribution in [0.25, 0.3) is 0 Å². The van der Waals surface area contributed by atoms with E-state index in [-0.39, 0.29) is 16.0 Å². The Kier molecular flexibility index (Phi) is 7.80. The van der Waals surface area contributed by atoms with Gasteiger partial charge in [0.15, 0.2) is 18.5 Å². The van der Waals surface area contributed by atoms with Crippen LogP contribution in [-0.2, 0) is 28.5 Å². The summed E-state index contributed by atoms with van der Waals surface area (Å²) in [6.45, 7) is 1.37. The number of hydrogen-bond acceptors (Lipinski definition) is 9. The number of carbonyl (C=O) groups excluding carboxylic acids is 2. The van der Waals surface area contributed by atoms with E-state index in [9.17, 15) is 23.1 Å². The first-order chi connectivity index (χ1) is 17.2. The summed E-state index contributed by atoms with van der Waals surface area (Å²) in [5.41, 5.74) is 1.32. The molecular weight excluding hydrogens is 488 g/mol. The lowest BCUT2D eigenvalue weighted by atomic mass is 10.1. The first kappa shape index (κ1) is 25.5. The molecule has 1 N–H and O–H groups in total. The monoisotopic (exact) mass is 512 g/mol. The second kappa shape index (κ2) is 11.0. The Morgan fingerprint density at radius 3 is 1.97 bits per heavy atom. The summed E-state index contributed by atoms with van der Waals surface area (Å²) in [5, 5.41) is 10.5. The Balaban J connectivity index is 1.55. The summed E-state index contributed by atoms with van der Waals surface area (Å²) in [6.07, 6.45) is -5.99. The summed E-state index contributed by atoms with van der Waals surface area (Å²) in [6, 6.07) is 22.1. The van der Waals surface area contributed by atoms with Crippen molar-refractivity contribution >= 4 is 22.1 Å². The number of aryl methyl sites for hydroxylation is 1. The van der Waals surface area contributed by atoms with Crippen LogP contribution in [0.5, 0.6) is 0 Å². The van der Waals surface area contributed by atoms with E-state index in [1.165, 1.54) is 24.3 Å². The van der Waals surface area contributed by atoms with E-state index in [0.717, 1.165) is 5.56 Å². The lowest BCUT2D eigenvalue weighted by molar-refractivity contribution is -0.128. The van der Waals surface area contributed by atoms with Crippen molar-refractivity contribution in [2.24, 2.45) is 0 Å². The van der Waals surface area contributed by atoms with Gasteiger partial charge in [0.05, 0.1) is 16.0 Å². The standard InChI is InChI=1S/C26H24O9S/c1-17-12-14-20(15-13-17)36(30,31)35-23-22(34-25(28)19-10-6-3-7-11-19)21(33-26(23)29)16-32-24(27)18-8-4-2-5-9-18/h2-15,21-23,26,29H,16H2,1H3. The minimum Gasteiger partial charge on any atom is -0.459 e. The van der Waals surface area contributed by atoms with Crippen LogP contribution < -0.4 is 0 Å². The highest BCUT2D eigenvalue weighted by Gasteiger charge is 2.50. The Labute approximate surface area is 208 Å². The maximum absolute atomic E-state index is 12.9. The summed E-state index contributed by atoms with van der Waals surface area (Å²) >= 11 is 0. The van der Waals surface area contributed by atoms with Gasteiger partial charge in [-0.2, -0.15) is 8.42 Å². The Hall–Kier alpha value is -3.57. The Morgan fingerprint density at radius 2 is 1.39 bits per heavy atom. The maximum atomic E-state index is 12.9. The van der Waals surface area contributed by atoms with Gasteiger partial charge in [0, 0.05) is 0 Å². The molecule has 10 heteroatoms. The molecule has 0 radical (unpaired) electrons. The molecule has 4 unspecified atom stereocenters. The van der Waals surface area contributed by atoms with Crippen molar-refractivity contribution < 1.29 is 41.5 Å². The molecule has 0 bridgehead atoms. The average Bonchev–Trinajstić information content (AvgIpc) is 3.17. The molecule has 188 valence electrons. The zero-order chi connectivity index (χ0) is 25.7. The number of benzene rings is 3. The molecule has 0 aromatic heterocycles. The van der Waals surface area contributed by atoms with Gasteiger partial charge in [-0.15, -0.1) is 0 Å². The summed E-state index contributed by atoms with van der Waals surface area (Å²) in [4.78, 5) is 25.0. The minimum absolute atomic E-state index is 0.146. The van der Waals surface area contributed by atoms with E-state index in [1.807, 2.05) is 0 Å². The van der Waals surface area contributed by atoms with E-state index in [2.05, 4.69) is 0 Å². The van der Waals surface area contributed by atoms with Crippen molar-refractivity contribution in [2.75, 3.05) is 6.61 Å². The molecule has 1 aliphatic heterocycles. The fourth-order valence-corrected chi connectivity index (χ4v) is 4.65. The molecule has 0 amide bonds. The predicted molar refractivity (Wildman–Crippen MR) is 126 cm³/mol. The van der Waals surface area contributed by atoms with Crippen molar-refractivity contribution in [3.05, 3.63) is 102 Å². The molecule has 1 heterocycles. The number of aliphatic hydroxyl groups is 1. The van der Waals surface area contributed by atoms with Crippen molar-refractivity contribution in [3.63, 3.8) is 0 Å². The van der Waals surface area contributed by atoms with E-state index in [1.54, 1.807) is 67.6 Å². The molecule has 1 fully saturated rings. The third kappa shape index (κ3) is 5.97. The van der Waals surface area contributed by atoms with Crippen LogP contribution >= 0.6 is 0 Å². The SMILES string of the molecule is Cc1ccc(S(=O)(=O)OC2C(O)OC(COC(=O)c3ccccc3)C2OC(=O)c2ccccc2)cc1. The number of hydrogen-bond donors (Lipinski definition) is 1. The minimum atomic E-state index is -4.36. The third-order valence-corrected chi connectivity index (χ3v) is 6.80. The van der Waals surface area contributed by atoms with Gasteiger partial charge in [-0.05, 0) is 43.3 Å². The van der Waals surface area contributed by atoms with Gasteiger partial charge in [0.2, 0.25) is 0 Å². The highest BCUT2D eigenvalue weighted by Crippen LogP contribution is 2.30. The van der Waals surface area contributed by atoms with Crippen LogP contribution in [-0.4, -0.2) is 56.7 Å². The van der Waals surface area contributed by atoms with Crippen LogP contribution in [0.3, 0.4) is 0 Å². The van der Waals surface area contributed by atoms with Crippen LogP contribution in [0.4, 0.5) is 0 Å². The molecule has 4 atom stereocenters. The van der Waals surface area contributed by atoms with Crippen LogP contribution in [0.2, 0.25) is 0 Å². The Bertz CT molecular complexity index is 1290. The normalized spacial score (nSPS) is 21.6. The quantitative estimate of drug-likeness (QED) is 0.358. The van der Waals surface area contributed by atoms with E-state index in [4.69, 9.17) is 18.4 Å². The van der Waals surface area contributed by atoms with Crippen LogP contribution in [0.15, 0.2) is 89.8 Å². The highest BCUT2D eigenvalue weighted by molar-refractivity contribution is 7.86. The molecule has 1 aliphatic rings. The van der Waals surface area contributed by atoms with E-state index in [0.29, 0.717) is 0 Å². The van der Waals surface area contributed by atoms with Crippen LogP contribution in [0, 0.1) is 6.92 Å². The first-order valence-corrected chi connectivity index (χ1v) is 12.5. The number of aliphatic hydroxyl groups excluding tert-OH is 1. The molecule has 0 saturated carbocycles. The molecule has 3 aromatic rings. The van der Waals surface area contributed by atoms with Gasteiger partial charge in [-0.3, -0.25) is 4.18 Å². The average molecular weight is 513 g/mol. The predicted octanol–water partition coefficient (Wildman–Crippen LogP) is 2.87. The lowest BCUT2D eigenvalue weighted by Crippen LogP contribution is -2.42. The van der Waals surface area contributed by atoms with Gasteiger partial charge in [-0.25, -0.2) is 9.59 Å².